The van der Waals surface area contributed by atoms with Gasteiger partial charge >= 0.3 is 19.3 Å². The summed E-state index contributed by atoms with van der Waals surface area (Å²) in [5.74, 6) is -2.10. The number of benzene rings is 1. The molecule has 1 unspecified atom stereocenters. The van der Waals surface area contributed by atoms with E-state index >= 15 is 0 Å². The molecule has 14 heteroatoms. The molecule has 1 saturated carbocycles. The lowest BCUT2D eigenvalue weighted by Gasteiger charge is -2.35. The van der Waals surface area contributed by atoms with Crippen LogP contribution < -0.4 is 10.6 Å². The largest absolute Gasteiger partial charge is 0.478 e. The Morgan fingerprint density at radius 2 is 1.84 bits per heavy atom. The maximum atomic E-state index is 14.2. The van der Waals surface area contributed by atoms with Crippen LogP contribution in [0.3, 0.4) is 0 Å². The first-order valence-corrected chi connectivity index (χ1v) is 15.0. The highest BCUT2D eigenvalue weighted by Crippen LogP contribution is 2.30. The van der Waals surface area contributed by atoms with E-state index in [1.165, 1.54) is 15.9 Å². The summed E-state index contributed by atoms with van der Waals surface area (Å²) in [4.78, 5) is 56.2. The van der Waals surface area contributed by atoms with Crippen LogP contribution in [0.25, 0.3) is 0 Å². The van der Waals surface area contributed by atoms with Crippen LogP contribution in [0.15, 0.2) is 18.2 Å². The predicted molar refractivity (Wildman–Crippen MR) is 152 cm³/mol. The van der Waals surface area contributed by atoms with Crippen molar-refractivity contribution in [1.82, 2.24) is 20.4 Å². The van der Waals surface area contributed by atoms with Crippen molar-refractivity contribution in [2.45, 2.75) is 103 Å². The van der Waals surface area contributed by atoms with Crippen LogP contribution in [0.4, 0.5) is 14.0 Å². The summed E-state index contributed by atoms with van der Waals surface area (Å²) in [7, 11) is -1.17. The lowest BCUT2D eigenvalue weighted by Crippen LogP contribution is -2.59. The Labute approximate surface area is 250 Å². The van der Waals surface area contributed by atoms with Crippen molar-refractivity contribution in [1.29, 1.82) is 0 Å². The molecule has 12 nitrogen and oxygen atoms in total. The number of nitrogens with zero attached hydrogens (tertiary/aromatic N) is 2. The standard InChI is InChI=1S/C29H40BFN4O8/c1-29(2,3)24(33-27(38)42-18-8-4-5-9-18)26(37)35-15-19(13-22(35)25(36)32-23-11-12-41-30(23)40)43-28(39)34-14-17-7-6-10-21(31)20(17)16-34/h6-7,10,18-19,22-24,40H,4-5,8-9,11-16H2,1-3H3,(H,32,36)(H,33,38)/t19-,22+,23?,24-/m1/s1. The Kier molecular flexibility index (Phi) is 9.16. The van der Waals surface area contributed by atoms with Gasteiger partial charge in [-0.2, -0.15) is 0 Å². The average molecular weight is 602 g/mol. The molecule has 43 heavy (non-hydrogen) atoms. The van der Waals surface area contributed by atoms with E-state index in [2.05, 4.69) is 10.6 Å². The second kappa shape index (κ2) is 12.7. The van der Waals surface area contributed by atoms with E-state index in [4.69, 9.17) is 14.1 Å². The molecule has 5 rings (SSSR count). The van der Waals surface area contributed by atoms with Crippen LogP contribution in [-0.2, 0) is 36.8 Å². The topological polar surface area (TPSA) is 147 Å². The quantitative estimate of drug-likeness (QED) is 0.421. The second-order valence-electron chi connectivity index (χ2n) is 12.9. The highest BCUT2D eigenvalue weighted by Gasteiger charge is 2.48. The van der Waals surface area contributed by atoms with Crippen molar-refractivity contribution >= 4 is 31.1 Å². The number of alkyl carbamates (subject to hydrolysis) is 1. The zero-order valence-electron chi connectivity index (χ0n) is 24.8. The lowest BCUT2D eigenvalue weighted by atomic mass is 9.80. The molecule has 0 bridgehead atoms. The SMILES string of the molecule is CC(C)(C)[C@H](NC(=O)OC1CCCC1)C(=O)N1C[C@H](OC(=O)N2Cc3cccc(F)c3C2)C[C@H]1C(=O)NC1CCOB1O. The predicted octanol–water partition coefficient (Wildman–Crippen LogP) is 2.26. The summed E-state index contributed by atoms with van der Waals surface area (Å²) in [5, 5.41) is 15.5. The lowest BCUT2D eigenvalue weighted by molar-refractivity contribution is -0.142. The number of carbonyl (C=O) groups excluding carboxylic acids is 4. The summed E-state index contributed by atoms with van der Waals surface area (Å²) < 4.78 is 30.7. The van der Waals surface area contributed by atoms with Crippen LogP contribution >= 0.6 is 0 Å². The molecule has 3 fully saturated rings. The summed E-state index contributed by atoms with van der Waals surface area (Å²) in [6.45, 7) is 5.81. The fourth-order valence-electron chi connectivity index (χ4n) is 6.22. The van der Waals surface area contributed by atoms with Crippen LogP contribution in [0.5, 0.6) is 0 Å². The number of halogens is 1. The molecule has 3 N–H and O–H groups in total. The molecule has 4 atom stereocenters. The van der Waals surface area contributed by atoms with E-state index in [1.54, 1.807) is 32.9 Å². The summed E-state index contributed by atoms with van der Waals surface area (Å²) in [6, 6.07) is 2.60. The third kappa shape index (κ3) is 7.06. The molecule has 0 radical (unpaired) electrons. The Morgan fingerprint density at radius 1 is 1.09 bits per heavy atom. The molecule has 1 aliphatic carbocycles. The molecule has 2 saturated heterocycles. The Bertz CT molecular complexity index is 1240. The number of hydrogen-bond donors (Lipinski definition) is 3. The fourth-order valence-corrected chi connectivity index (χ4v) is 6.22. The van der Waals surface area contributed by atoms with Crippen molar-refractivity contribution in [3.05, 3.63) is 35.1 Å². The molecule has 0 aromatic heterocycles. The van der Waals surface area contributed by atoms with Gasteiger partial charge in [0.2, 0.25) is 11.8 Å². The first-order valence-electron chi connectivity index (χ1n) is 15.0. The van der Waals surface area contributed by atoms with Crippen LogP contribution in [-0.4, -0.2) is 89.3 Å². The molecule has 0 spiro atoms. The van der Waals surface area contributed by atoms with Crippen LogP contribution in [0.2, 0.25) is 0 Å². The molecule has 4 aliphatic rings. The number of rotatable bonds is 6. The van der Waals surface area contributed by atoms with E-state index < -0.39 is 66.5 Å². The van der Waals surface area contributed by atoms with Crippen molar-refractivity contribution < 1.29 is 42.7 Å². The molecule has 1 aromatic carbocycles. The number of carbonyl (C=O) groups is 4. The zero-order chi connectivity index (χ0) is 30.9. The van der Waals surface area contributed by atoms with Gasteiger partial charge in [0.1, 0.15) is 30.1 Å². The van der Waals surface area contributed by atoms with E-state index in [1.807, 2.05) is 0 Å². The van der Waals surface area contributed by atoms with Crippen LogP contribution in [0, 0.1) is 11.2 Å². The van der Waals surface area contributed by atoms with Gasteiger partial charge in [0, 0.05) is 25.1 Å². The molecule has 3 aliphatic heterocycles. The summed E-state index contributed by atoms with van der Waals surface area (Å²) in [6.07, 6.45) is 1.49. The molecule has 1 aromatic rings. The maximum absolute atomic E-state index is 14.2. The average Bonchev–Trinajstić information content (AvgIpc) is 3.74. The highest BCUT2D eigenvalue weighted by atomic mass is 19.1. The minimum atomic E-state index is -1.17. The number of fused-ring (bicyclic) bond motifs is 1. The molecular weight excluding hydrogens is 562 g/mol. The normalized spacial score (nSPS) is 24.6. The minimum Gasteiger partial charge on any atom is -0.446 e. The monoisotopic (exact) mass is 602 g/mol. The second-order valence-corrected chi connectivity index (χ2v) is 12.9. The molecule has 4 amide bonds. The number of amides is 4. The first-order chi connectivity index (χ1) is 20.4. The fraction of sp³-hybridized carbons (Fsp3) is 0.655. The third-order valence-corrected chi connectivity index (χ3v) is 8.64. The molecule has 234 valence electrons. The number of likely N-dealkylation sites (tertiary alicyclic amines) is 1. The van der Waals surface area contributed by atoms with Gasteiger partial charge in [-0.05, 0) is 49.1 Å². The van der Waals surface area contributed by atoms with Gasteiger partial charge in [0.25, 0.3) is 0 Å². The number of hydrogen-bond acceptors (Lipinski definition) is 8. The van der Waals surface area contributed by atoms with Gasteiger partial charge in [0.15, 0.2) is 0 Å². The van der Waals surface area contributed by atoms with Crippen molar-refractivity contribution in [2.75, 3.05) is 13.2 Å². The Hall–Kier alpha value is -3.39. The Morgan fingerprint density at radius 3 is 2.49 bits per heavy atom. The highest BCUT2D eigenvalue weighted by molar-refractivity contribution is 6.46. The van der Waals surface area contributed by atoms with Gasteiger partial charge in [-0.3, -0.25) is 14.5 Å². The van der Waals surface area contributed by atoms with Crippen molar-refractivity contribution in [2.24, 2.45) is 5.41 Å². The zero-order valence-corrected chi connectivity index (χ0v) is 24.8. The maximum Gasteiger partial charge on any atom is 0.478 e. The summed E-state index contributed by atoms with van der Waals surface area (Å²) in [5.41, 5.74) is 0.377. The van der Waals surface area contributed by atoms with Crippen molar-refractivity contribution in [3.63, 3.8) is 0 Å². The van der Waals surface area contributed by atoms with Gasteiger partial charge < -0.3 is 34.7 Å². The van der Waals surface area contributed by atoms with E-state index in [0.717, 1.165) is 25.7 Å². The van der Waals surface area contributed by atoms with E-state index in [9.17, 15) is 28.6 Å². The van der Waals surface area contributed by atoms with Gasteiger partial charge in [-0.1, -0.05) is 32.9 Å². The first kappa shape index (κ1) is 31.1. The van der Waals surface area contributed by atoms with Gasteiger partial charge in [0.05, 0.1) is 19.0 Å². The Balaban J connectivity index is 1.30. The van der Waals surface area contributed by atoms with Gasteiger partial charge in [-0.25, -0.2) is 14.0 Å². The third-order valence-electron chi connectivity index (χ3n) is 8.64. The van der Waals surface area contributed by atoms with Crippen molar-refractivity contribution in [3.8, 4) is 0 Å². The summed E-state index contributed by atoms with van der Waals surface area (Å²) >= 11 is 0. The van der Waals surface area contributed by atoms with Gasteiger partial charge in [-0.15, -0.1) is 0 Å². The number of nitrogens with one attached hydrogen (secondary N) is 2. The van der Waals surface area contributed by atoms with Crippen LogP contribution in [0.1, 0.15) is 70.4 Å². The smallest absolute Gasteiger partial charge is 0.446 e. The van der Waals surface area contributed by atoms with E-state index in [0.29, 0.717) is 17.5 Å². The molecule has 3 heterocycles. The molecular formula is C29H40BFN4O8. The number of ether oxygens (including phenoxy) is 2. The van der Waals surface area contributed by atoms with E-state index in [-0.39, 0.29) is 38.8 Å². The minimum absolute atomic E-state index is 0.00547.